The van der Waals surface area contributed by atoms with Crippen LogP contribution in [0, 0.1) is 25.2 Å². The third kappa shape index (κ3) is 3.55. The first-order valence-electron chi connectivity index (χ1n) is 9.11. The van der Waals surface area contributed by atoms with Gasteiger partial charge in [-0.05, 0) is 43.2 Å². The largest absolute Gasteiger partial charge is 0.323 e. The van der Waals surface area contributed by atoms with E-state index < -0.39 is 0 Å². The van der Waals surface area contributed by atoms with Crippen molar-refractivity contribution < 1.29 is 9.59 Å². The fraction of sp³-hybridized carbons (Fsp3) is 0.182. The Labute approximate surface area is 172 Å². The summed E-state index contributed by atoms with van der Waals surface area (Å²) in [7, 11) is 0. The number of carbonyl (C=O) groups excluding carboxylic acids is 2. The molecule has 2 heterocycles. The number of pyridine rings is 1. The topological polar surface area (TPSA) is 86.1 Å². The average Bonchev–Trinajstić information content (AvgIpc) is 2.73. The first kappa shape index (κ1) is 19.0. The molecule has 1 aliphatic heterocycles. The predicted molar refractivity (Wildman–Crippen MR) is 114 cm³/mol. The normalized spacial score (nSPS) is 13.0. The monoisotopic (exact) mass is 402 g/mol. The molecule has 0 spiro atoms. The Hall–Kier alpha value is -3.37. The highest BCUT2D eigenvalue weighted by Crippen LogP contribution is 2.31. The first-order valence-corrected chi connectivity index (χ1v) is 10.1. The maximum Gasteiger partial charge on any atom is 0.244 e. The van der Waals surface area contributed by atoms with E-state index in [1.807, 2.05) is 44.2 Å². The highest BCUT2D eigenvalue weighted by molar-refractivity contribution is 8.00. The van der Waals surface area contributed by atoms with E-state index in [9.17, 15) is 14.9 Å². The van der Waals surface area contributed by atoms with E-state index in [0.29, 0.717) is 22.0 Å². The van der Waals surface area contributed by atoms with Crippen LogP contribution in [0.3, 0.4) is 0 Å². The molecule has 1 N–H and O–H groups in total. The number of nitriles is 1. The summed E-state index contributed by atoms with van der Waals surface area (Å²) in [6.45, 7) is 3.99. The molecule has 0 unspecified atom stereocenters. The summed E-state index contributed by atoms with van der Waals surface area (Å²) in [6.07, 6.45) is 0. The maximum absolute atomic E-state index is 12.9. The van der Waals surface area contributed by atoms with Crippen LogP contribution in [0.5, 0.6) is 0 Å². The number of nitrogens with one attached hydrogen (secondary N) is 1. The lowest BCUT2D eigenvalue weighted by atomic mass is 10.0. The summed E-state index contributed by atoms with van der Waals surface area (Å²) in [5.41, 5.74) is 4.75. The van der Waals surface area contributed by atoms with Crippen molar-refractivity contribution in [3.05, 3.63) is 59.2 Å². The molecule has 29 heavy (non-hydrogen) atoms. The highest BCUT2D eigenvalue weighted by atomic mass is 32.2. The van der Waals surface area contributed by atoms with Gasteiger partial charge in [0.05, 0.1) is 28.2 Å². The molecule has 0 saturated heterocycles. The lowest BCUT2D eigenvalue weighted by Gasteiger charge is -2.29. The third-order valence-electron chi connectivity index (χ3n) is 5.00. The van der Waals surface area contributed by atoms with Crippen LogP contribution < -0.4 is 10.2 Å². The third-order valence-corrected chi connectivity index (χ3v) is 5.98. The number of thioether (sulfide) groups is 1. The van der Waals surface area contributed by atoms with Crippen molar-refractivity contribution in [2.45, 2.75) is 18.9 Å². The van der Waals surface area contributed by atoms with Gasteiger partial charge in [-0.1, -0.05) is 36.0 Å². The van der Waals surface area contributed by atoms with Crippen LogP contribution in [-0.2, 0) is 9.59 Å². The van der Waals surface area contributed by atoms with Gasteiger partial charge in [-0.2, -0.15) is 5.26 Å². The summed E-state index contributed by atoms with van der Waals surface area (Å²) in [4.78, 5) is 31.0. The number of para-hydroxylation sites is 2. The van der Waals surface area contributed by atoms with Crippen molar-refractivity contribution >= 4 is 45.9 Å². The molecule has 0 saturated carbocycles. The standard InChI is InChI=1S/C22H18N4O2S/c1-13-7-8-15-9-16(10-23)22(25-21(15)14(13)2)29-12-20(28)26-11-19(27)24-17-5-3-4-6-18(17)26/h3-9H,11-12H2,1-2H3,(H,24,27). The lowest BCUT2D eigenvalue weighted by molar-refractivity contribution is -0.120. The van der Waals surface area contributed by atoms with Gasteiger partial charge in [0.2, 0.25) is 11.8 Å². The van der Waals surface area contributed by atoms with E-state index >= 15 is 0 Å². The Kier molecular flexibility index (Phi) is 4.95. The second kappa shape index (κ2) is 7.57. The molecular formula is C22H18N4O2S. The Morgan fingerprint density at radius 1 is 1.28 bits per heavy atom. The molecule has 6 nitrogen and oxygen atoms in total. The molecule has 0 aliphatic carbocycles. The quantitative estimate of drug-likeness (QED) is 0.674. The number of anilines is 2. The number of nitrogens with zero attached hydrogens (tertiary/aromatic N) is 3. The molecule has 144 valence electrons. The van der Waals surface area contributed by atoms with Crippen molar-refractivity contribution in [1.29, 1.82) is 5.26 Å². The van der Waals surface area contributed by atoms with E-state index in [1.54, 1.807) is 12.1 Å². The second-order valence-corrected chi connectivity index (χ2v) is 7.83. The Morgan fingerprint density at radius 3 is 2.86 bits per heavy atom. The predicted octanol–water partition coefficient (Wildman–Crippen LogP) is 3.80. The van der Waals surface area contributed by atoms with E-state index in [1.165, 1.54) is 16.7 Å². The van der Waals surface area contributed by atoms with E-state index in [0.717, 1.165) is 22.0 Å². The Morgan fingerprint density at radius 2 is 2.07 bits per heavy atom. The first-order chi connectivity index (χ1) is 14.0. The van der Waals surface area contributed by atoms with Gasteiger partial charge in [0.25, 0.3) is 0 Å². The zero-order valence-corrected chi connectivity index (χ0v) is 16.8. The van der Waals surface area contributed by atoms with Crippen LogP contribution in [0.4, 0.5) is 11.4 Å². The zero-order valence-electron chi connectivity index (χ0n) is 16.0. The van der Waals surface area contributed by atoms with Crippen LogP contribution >= 0.6 is 11.8 Å². The Bertz CT molecular complexity index is 1200. The molecule has 1 aliphatic rings. The number of amides is 2. The van der Waals surface area contributed by atoms with Gasteiger partial charge in [0.1, 0.15) is 17.6 Å². The summed E-state index contributed by atoms with van der Waals surface area (Å²) < 4.78 is 0. The fourth-order valence-electron chi connectivity index (χ4n) is 3.32. The number of hydrogen-bond acceptors (Lipinski definition) is 5. The molecule has 7 heteroatoms. The number of carbonyl (C=O) groups is 2. The molecule has 2 aromatic carbocycles. The number of hydrogen-bond donors (Lipinski definition) is 1. The SMILES string of the molecule is Cc1ccc2cc(C#N)c(SCC(=O)N3CC(=O)Nc4ccccc43)nc2c1C. The van der Waals surface area contributed by atoms with Gasteiger partial charge in [-0.3, -0.25) is 9.59 Å². The number of fused-ring (bicyclic) bond motifs is 2. The van der Waals surface area contributed by atoms with Crippen LogP contribution in [0.15, 0.2) is 47.5 Å². The molecule has 3 aromatic rings. The van der Waals surface area contributed by atoms with Gasteiger partial charge in [0.15, 0.2) is 0 Å². The maximum atomic E-state index is 12.9. The molecule has 1 aromatic heterocycles. The molecule has 0 radical (unpaired) electrons. The van der Waals surface area contributed by atoms with E-state index in [2.05, 4.69) is 16.4 Å². The minimum absolute atomic E-state index is 0.0229. The molecule has 0 fully saturated rings. The summed E-state index contributed by atoms with van der Waals surface area (Å²) in [5, 5.41) is 13.7. The minimum Gasteiger partial charge on any atom is -0.323 e. The van der Waals surface area contributed by atoms with Crippen molar-refractivity contribution in [3.63, 3.8) is 0 Å². The van der Waals surface area contributed by atoms with Gasteiger partial charge >= 0.3 is 0 Å². The smallest absolute Gasteiger partial charge is 0.244 e. The Balaban J connectivity index is 1.61. The summed E-state index contributed by atoms with van der Waals surface area (Å²) >= 11 is 1.22. The van der Waals surface area contributed by atoms with Gasteiger partial charge < -0.3 is 10.2 Å². The van der Waals surface area contributed by atoms with Crippen LogP contribution in [-0.4, -0.2) is 29.1 Å². The van der Waals surface area contributed by atoms with Crippen LogP contribution in [0.2, 0.25) is 0 Å². The van der Waals surface area contributed by atoms with Crippen molar-refractivity contribution in [2.75, 3.05) is 22.5 Å². The van der Waals surface area contributed by atoms with Crippen LogP contribution in [0.25, 0.3) is 10.9 Å². The van der Waals surface area contributed by atoms with Crippen molar-refractivity contribution in [3.8, 4) is 6.07 Å². The van der Waals surface area contributed by atoms with Crippen LogP contribution in [0.1, 0.15) is 16.7 Å². The molecule has 2 amide bonds. The number of rotatable bonds is 3. The molecule has 0 bridgehead atoms. The summed E-state index contributed by atoms with van der Waals surface area (Å²) in [5.74, 6) is -0.349. The lowest BCUT2D eigenvalue weighted by Crippen LogP contribution is -2.43. The number of aryl methyl sites for hydroxylation is 2. The molecule has 4 rings (SSSR count). The molecular weight excluding hydrogens is 384 g/mol. The zero-order chi connectivity index (χ0) is 20.5. The fourth-order valence-corrected chi connectivity index (χ4v) is 4.15. The highest BCUT2D eigenvalue weighted by Gasteiger charge is 2.26. The van der Waals surface area contributed by atoms with E-state index in [-0.39, 0.29) is 24.1 Å². The second-order valence-electron chi connectivity index (χ2n) is 6.87. The number of aromatic nitrogens is 1. The molecule has 0 atom stereocenters. The average molecular weight is 402 g/mol. The van der Waals surface area contributed by atoms with Gasteiger partial charge in [0, 0.05) is 5.39 Å². The van der Waals surface area contributed by atoms with Gasteiger partial charge in [-0.15, -0.1) is 0 Å². The van der Waals surface area contributed by atoms with Crippen molar-refractivity contribution in [2.24, 2.45) is 0 Å². The van der Waals surface area contributed by atoms with Gasteiger partial charge in [-0.25, -0.2) is 4.98 Å². The summed E-state index contributed by atoms with van der Waals surface area (Å²) in [6, 6.07) is 15.2. The number of benzene rings is 2. The van der Waals surface area contributed by atoms with Crippen molar-refractivity contribution in [1.82, 2.24) is 4.98 Å². The van der Waals surface area contributed by atoms with E-state index in [4.69, 9.17) is 0 Å². The minimum atomic E-state index is -0.227.